The molecule has 0 radical (unpaired) electrons. The standard InChI is InChI=1S/C15H12O2.C8H12N2O2/c16-15(14-12-6-7-13(14)9-8-12)17-10-11-4-2-1-3-5-11;1-3-4-6-5-7(11)10(2)8(12)9-6/h1-9,14H,10H2;5H,3-4H2,1-2H3,(H,9,12). The van der Waals surface area contributed by atoms with Gasteiger partial charge in [-0.05, 0) is 23.1 Å². The molecule has 6 nitrogen and oxygen atoms in total. The number of hydrogen-bond donors (Lipinski definition) is 1. The average molecular weight is 392 g/mol. The molecule has 2 bridgehead atoms. The summed E-state index contributed by atoms with van der Waals surface area (Å²) >= 11 is 0. The molecule has 1 aromatic heterocycles. The van der Waals surface area contributed by atoms with Gasteiger partial charge < -0.3 is 9.72 Å². The molecule has 0 spiro atoms. The molecule has 1 N–H and O–H groups in total. The van der Waals surface area contributed by atoms with Crippen molar-refractivity contribution < 1.29 is 9.53 Å². The van der Waals surface area contributed by atoms with E-state index in [4.69, 9.17) is 4.74 Å². The van der Waals surface area contributed by atoms with Crippen LogP contribution in [0.2, 0.25) is 0 Å². The van der Waals surface area contributed by atoms with Crippen LogP contribution in [-0.2, 0) is 29.6 Å². The number of hydrogen-bond acceptors (Lipinski definition) is 4. The summed E-state index contributed by atoms with van der Waals surface area (Å²) in [6, 6.07) is 11.2. The fourth-order valence-corrected chi connectivity index (χ4v) is 3.16. The van der Waals surface area contributed by atoms with Crippen molar-refractivity contribution in [3.05, 3.63) is 104 Å². The van der Waals surface area contributed by atoms with Gasteiger partial charge in [0, 0.05) is 18.8 Å². The minimum absolute atomic E-state index is 0.158. The van der Waals surface area contributed by atoms with E-state index in [1.54, 1.807) is 0 Å². The summed E-state index contributed by atoms with van der Waals surface area (Å²) in [5, 5.41) is 0. The van der Waals surface area contributed by atoms with Crippen molar-refractivity contribution in [1.82, 2.24) is 9.55 Å². The summed E-state index contributed by atoms with van der Waals surface area (Å²) in [6.45, 7) is 2.34. The molecule has 2 aliphatic carbocycles. The Kier molecular flexibility index (Phi) is 6.44. The Hall–Kier alpha value is -3.41. The number of allylic oxidation sites excluding steroid dienone is 4. The number of aryl methyl sites for hydroxylation is 1. The highest BCUT2D eigenvalue weighted by Crippen LogP contribution is 2.35. The first kappa shape index (κ1) is 20.3. The van der Waals surface area contributed by atoms with E-state index in [2.05, 4.69) is 4.98 Å². The van der Waals surface area contributed by atoms with E-state index in [9.17, 15) is 14.4 Å². The van der Waals surface area contributed by atoms with Gasteiger partial charge in [0.25, 0.3) is 5.56 Å². The number of carbonyl (C=O) groups excluding carboxylic acids is 1. The lowest BCUT2D eigenvalue weighted by Gasteiger charge is -2.10. The van der Waals surface area contributed by atoms with Gasteiger partial charge in [0.1, 0.15) is 12.5 Å². The van der Waals surface area contributed by atoms with E-state index in [-0.39, 0.29) is 23.1 Å². The predicted octanol–water partition coefficient (Wildman–Crippen LogP) is 2.81. The molecule has 4 rings (SSSR count). The van der Waals surface area contributed by atoms with Crippen LogP contribution >= 0.6 is 0 Å². The maximum atomic E-state index is 11.9. The van der Waals surface area contributed by atoms with Crippen LogP contribution in [0.5, 0.6) is 0 Å². The first-order valence-electron chi connectivity index (χ1n) is 9.59. The van der Waals surface area contributed by atoms with Crippen LogP contribution in [0.4, 0.5) is 0 Å². The lowest BCUT2D eigenvalue weighted by atomic mass is 10.0. The third kappa shape index (κ3) is 4.90. The Bertz CT molecular complexity index is 1030. The molecule has 2 aromatic rings. The largest absolute Gasteiger partial charge is 0.460 e. The number of rotatable bonds is 5. The van der Waals surface area contributed by atoms with Crippen molar-refractivity contribution in [2.24, 2.45) is 13.0 Å². The number of fused-ring (bicyclic) bond motifs is 2. The minimum Gasteiger partial charge on any atom is -0.460 e. The number of benzene rings is 1. The molecule has 0 unspecified atom stereocenters. The van der Waals surface area contributed by atoms with E-state index in [0.717, 1.165) is 34.1 Å². The van der Waals surface area contributed by atoms with Gasteiger partial charge in [0.05, 0.1) is 0 Å². The monoisotopic (exact) mass is 392 g/mol. The Morgan fingerprint density at radius 1 is 1.10 bits per heavy atom. The van der Waals surface area contributed by atoms with Gasteiger partial charge in [-0.3, -0.25) is 14.2 Å². The molecule has 0 amide bonds. The second-order valence-electron chi connectivity index (χ2n) is 6.94. The van der Waals surface area contributed by atoms with Crippen molar-refractivity contribution in [2.75, 3.05) is 0 Å². The van der Waals surface area contributed by atoms with Crippen LogP contribution < -0.4 is 11.2 Å². The Morgan fingerprint density at radius 2 is 1.76 bits per heavy atom. The van der Waals surface area contributed by atoms with Gasteiger partial charge in [0.2, 0.25) is 0 Å². The van der Waals surface area contributed by atoms with E-state index in [1.807, 2.05) is 61.6 Å². The molecular weight excluding hydrogens is 368 g/mol. The van der Waals surface area contributed by atoms with Crippen LogP contribution in [0.1, 0.15) is 24.6 Å². The summed E-state index contributed by atoms with van der Waals surface area (Å²) in [5.41, 5.74) is 3.22. The molecule has 0 fully saturated rings. The quantitative estimate of drug-likeness (QED) is 0.794. The first-order chi connectivity index (χ1) is 14.0. The van der Waals surface area contributed by atoms with E-state index < -0.39 is 0 Å². The lowest BCUT2D eigenvalue weighted by molar-refractivity contribution is -0.146. The van der Waals surface area contributed by atoms with Gasteiger partial charge in [0.15, 0.2) is 0 Å². The van der Waals surface area contributed by atoms with Gasteiger partial charge >= 0.3 is 11.7 Å². The summed E-state index contributed by atoms with van der Waals surface area (Å²) in [4.78, 5) is 36.7. The van der Waals surface area contributed by atoms with Gasteiger partial charge in [-0.15, -0.1) is 0 Å². The van der Waals surface area contributed by atoms with Crippen LogP contribution in [0.25, 0.3) is 0 Å². The van der Waals surface area contributed by atoms with Crippen LogP contribution in [0.15, 0.2) is 81.4 Å². The first-order valence-corrected chi connectivity index (χ1v) is 9.59. The summed E-state index contributed by atoms with van der Waals surface area (Å²) in [6.07, 6.45) is 9.57. The molecular formula is C23H24N2O4. The molecule has 150 valence electrons. The fourth-order valence-electron chi connectivity index (χ4n) is 3.16. The van der Waals surface area contributed by atoms with Crippen LogP contribution in [0.3, 0.4) is 0 Å². The molecule has 1 aromatic carbocycles. The predicted molar refractivity (Wildman–Crippen MR) is 111 cm³/mol. The number of esters is 1. The SMILES string of the molecule is CCCc1cc(=O)n(C)c(=O)[nH]1.O=C(OCc1ccccc1)C1C2=CC=C1C=C2. The number of nitrogens with one attached hydrogen (secondary N) is 1. The zero-order valence-corrected chi connectivity index (χ0v) is 16.6. The van der Waals surface area contributed by atoms with Crippen molar-refractivity contribution in [3.63, 3.8) is 0 Å². The normalized spacial score (nSPS) is 14.1. The molecule has 0 atom stereocenters. The topological polar surface area (TPSA) is 81.2 Å². The number of nitrogens with zero attached hydrogens (tertiary/aromatic N) is 1. The third-order valence-corrected chi connectivity index (χ3v) is 4.78. The second kappa shape index (κ2) is 9.19. The zero-order valence-electron chi connectivity index (χ0n) is 16.6. The lowest BCUT2D eigenvalue weighted by Crippen LogP contribution is -2.32. The van der Waals surface area contributed by atoms with Crippen molar-refractivity contribution in [2.45, 2.75) is 26.4 Å². The van der Waals surface area contributed by atoms with Crippen molar-refractivity contribution >= 4 is 5.97 Å². The molecule has 0 saturated carbocycles. The summed E-state index contributed by atoms with van der Waals surface area (Å²) < 4.78 is 6.39. The van der Waals surface area contributed by atoms with Gasteiger partial charge in [-0.2, -0.15) is 0 Å². The maximum absolute atomic E-state index is 11.9. The molecule has 2 aliphatic rings. The second-order valence-corrected chi connectivity index (χ2v) is 6.94. The Balaban J connectivity index is 0.000000177. The van der Waals surface area contributed by atoms with Crippen molar-refractivity contribution in [3.8, 4) is 0 Å². The molecule has 29 heavy (non-hydrogen) atoms. The van der Waals surface area contributed by atoms with E-state index in [0.29, 0.717) is 12.3 Å². The average Bonchev–Trinajstić information content (AvgIpc) is 3.32. The molecule has 0 aliphatic heterocycles. The van der Waals surface area contributed by atoms with Crippen molar-refractivity contribution in [1.29, 1.82) is 0 Å². The zero-order chi connectivity index (χ0) is 20.8. The van der Waals surface area contributed by atoms with Crippen LogP contribution in [-0.4, -0.2) is 15.5 Å². The number of carbonyl (C=O) groups is 1. The summed E-state index contributed by atoms with van der Waals surface area (Å²) in [5.74, 6) is -0.340. The Morgan fingerprint density at radius 3 is 2.31 bits per heavy atom. The Labute approximate surface area is 168 Å². The minimum atomic E-state index is -0.342. The molecule has 6 heteroatoms. The number of H-pyrrole nitrogens is 1. The smallest absolute Gasteiger partial charge is 0.328 e. The highest BCUT2D eigenvalue weighted by Gasteiger charge is 2.32. The molecule has 1 heterocycles. The number of ether oxygens (including phenoxy) is 1. The van der Waals surface area contributed by atoms with Gasteiger partial charge in [-0.25, -0.2) is 4.79 Å². The number of aromatic amines is 1. The third-order valence-electron chi connectivity index (χ3n) is 4.78. The van der Waals surface area contributed by atoms with Gasteiger partial charge in [-0.1, -0.05) is 68.0 Å². The molecule has 0 saturated heterocycles. The highest BCUT2D eigenvalue weighted by atomic mass is 16.5. The van der Waals surface area contributed by atoms with E-state index in [1.165, 1.54) is 13.1 Å². The van der Waals surface area contributed by atoms with Crippen LogP contribution in [0, 0.1) is 5.92 Å². The van der Waals surface area contributed by atoms with E-state index >= 15 is 0 Å². The summed E-state index contributed by atoms with van der Waals surface area (Å²) in [7, 11) is 1.46. The fraction of sp³-hybridized carbons (Fsp3) is 0.261. The number of aromatic nitrogens is 2. The highest BCUT2D eigenvalue weighted by molar-refractivity contribution is 5.85. The maximum Gasteiger partial charge on any atom is 0.328 e.